The van der Waals surface area contributed by atoms with Gasteiger partial charge < -0.3 is 15.0 Å². The summed E-state index contributed by atoms with van der Waals surface area (Å²) in [7, 11) is -2.18. The molecule has 42 heavy (non-hydrogen) atoms. The Morgan fingerprint density at radius 2 is 1.60 bits per heavy atom. The van der Waals surface area contributed by atoms with E-state index in [1.807, 2.05) is 56.3 Å². The first-order valence-corrected chi connectivity index (χ1v) is 16.2. The number of anilines is 1. The fourth-order valence-corrected chi connectivity index (χ4v) is 5.69. The number of hydrogen-bond acceptors (Lipinski definition) is 5. The highest BCUT2D eigenvalue weighted by molar-refractivity contribution is 7.92. The van der Waals surface area contributed by atoms with Crippen LogP contribution in [0.5, 0.6) is 5.75 Å². The molecule has 0 aromatic heterocycles. The van der Waals surface area contributed by atoms with Crippen molar-refractivity contribution in [3.63, 3.8) is 0 Å². The van der Waals surface area contributed by atoms with Gasteiger partial charge in [-0.05, 0) is 55.2 Å². The molecule has 0 unspecified atom stereocenters. The molecule has 0 fully saturated rings. The van der Waals surface area contributed by atoms with Crippen molar-refractivity contribution in [2.24, 2.45) is 0 Å². The number of hydrogen-bond donors (Lipinski definition) is 1. The molecule has 226 valence electrons. The third kappa shape index (κ3) is 9.49. The van der Waals surface area contributed by atoms with Gasteiger partial charge in [-0.1, -0.05) is 73.1 Å². The minimum Gasteiger partial charge on any atom is -0.495 e. The minimum atomic E-state index is -3.66. The Labute approximate surface area is 254 Å². The number of methoxy groups -OCH3 is 1. The Morgan fingerprint density at radius 3 is 2.21 bits per heavy atom. The normalized spacial score (nSPS) is 12.7. The van der Waals surface area contributed by atoms with Crippen LogP contribution in [-0.2, 0) is 32.6 Å². The minimum absolute atomic E-state index is 0.0384. The highest BCUT2D eigenvalue weighted by Crippen LogP contribution is 2.30. The average Bonchev–Trinajstić information content (AvgIpc) is 2.97. The molecule has 0 bridgehead atoms. The maximum Gasteiger partial charge on any atom is 0.243 e. The Bertz CT molecular complexity index is 1420. The predicted molar refractivity (Wildman–Crippen MR) is 168 cm³/mol. The van der Waals surface area contributed by atoms with E-state index in [-0.39, 0.29) is 43.8 Å². The molecule has 0 aliphatic rings. The molecule has 2 amide bonds. The van der Waals surface area contributed by atoms with Crippen molar-refractivity contribution in [1.29, 1.82) is 0 Å². The van der Waals surface area contributed by atoms with Crippen LogP contribution in [-0.4, -0.2) is 57.1 Å². The highest BCUT2D eigenvalue weighted by Gasteiger charge is 2.31. The Balaban J connectivity index is 1.90. The SMILES string of the molecule is CC[C@H](C)NC(=O)[C@H](Cc1ccccc1)N(Cc1ccc(Cl)cc1)C(=O)CCCN(c1ccccc1OC)S(C)(=O)=O. The van der Waals surface area contributed by atoms with E-state index in [1.165, 1.54) is 11.4 Å². The van der Waals surface area contributed by atoms with Crippen LogP contribution in [0.15, 0.2) is 78.9 Å². The second-order valence-corrected chi connectivity index (χ2v) is 12.6. The zero-order chi connectivity index (χ0) is 30.7. The Morgan fingerprint density at radius 1 is 0.952 bits per heavy atom. The van der Waals surface area contributed by atoms with E-state index >= 15 is 0 Å². The fraction of sp³-hybridized carbons (Fsp3) is 0.375. The van der Waals surface area contributed by atoms with Gasteiger partial charge in [0, 0.05) is 37.0 Å². The van der Waals surface area contributed by atoms with Crippen molar-refractivity contribution in [1.82, 2.24) is 10.2 Å². The summed E-state index contributed by atoms with van der Waals surface area (Å²) in [4.78, 5) is 29.2. The summed E-state index contributed by atoms with van der Waals surface area (Å²) in [5.74, 6) is -0.0655. The number of carbonyl (C=O) groups excluding carboxylic acids is 2. The topological polar surface area (TPSA) is 96.0 Å². The standard InChI is InChI=1S/C32H40ClN3O5S/c1-5-24(2)34-32(38)29(22-25-12-7-6-8-13-25)35(23-26-17-19-27(33)20-18-26)31(37)16-11-21-36(42(4,39)40)28-14-9-10-15-30(28)41-3/h6-10,12-15,17-20,24,29H,5,11,16,21-23H2,1-4H3,(H,34,38)/t24-,29-/m0/s1. The molecular weight excluding hydrogens is 574 g/mol. The summed E-state index contributed by atoms with van der Waals surface area (Å²) in [5.41, 5.74) is 2.16. The molecule has 0 heterocycles. The molecule has 8 nitrogen and oxygen atoms in total. The number of nitrogens with one attached hydrogen (secondary N) is 1. The van der Waals surface area contributed by atoms with Crippen molar-refractivity contribution in [3.05, 3.63) is 95.0 Å². The van der Waals surface area contributed by atoms with E-state index in [2.05, 4.69) is 5.32 Å². The number of carbonyl (C=O) groups is 2. The van der Waals surface area contributed by atoms with E-state index in [4.69, 9.17) is 16.3 Å². The lowest BCUT2D eigenvalue weighted by Crippen LogP contribution is -2.52. The second kappa shape index (κ2) is 15.6. The van der Waals surface area contributed by atoms with Gasteiger partial charge in [0.25, 0.3) is 0 Å². The lowest BCUT2D eigenvalue weighted by Gasteiger charge is -2.33. The van der Waals surface area contributed by atoms with Crippen molar-refractivity contribution in [2.45, 2.75) is 58.2 Å². The number of amides is 2. The molecule has 3 rings (SSSR count). The van der Waals surface area contributed by atoms with Crippen LogP contribution in [0.2, 0.25) is 5.02 Å². The Kier molecular flexibility index (Phi) is 12.2. The predicted octanol–water partition coefficient (Wildman–Crippen LogP) is 5.45. The van der Waals surface area contributed by atoms with Crippen LogP contribution in [0.3, 0.4) is 0 Å². The van der Waals surface area contributed by atoms with Crippen LogP contribution in [0.4, 0.5) is 5.69 Å². The zero-order valence-corrected chi connectivity index (χ0v) is 26.2. The van der Waals surface area contributed by atoms with Gasteiger partial charge in [0.05, 0.1) is 19.1 Å². The smallest absolute Gasteiger partial charge is 0.243 e. The van der Waals surface area contributed by atoms with E-state index in [0.717, 1.165) is 23.8 Å². The third-order valence-corrected chi connectivity index (χ3v) is 8.48. The van der Waals surface area contributed by atoms with E-state index < -0.39 is 16.1 Å². The van der Waals surface area contributed by atoms with Crippen LogP contribution in [0.1, 0.15) is 44.2 Å². The summed E-state index contributed by atoms with van der Waals surface area (Å²) >= 11 is 6.10. The molecule has 3 aromatic rings. The van der Waals surface area contributed by atoms with Crippen molar-refractivity contribution in [3.8, 4) is 5.75 Å². The Hall–Kier alpha value is -3.56. The maximum absolute atomic E-state index is 13.9. The maximum atomic E-state index is 13.9. The molecule has 0 saturated heterocycles. The van der Waals surface area contributed by atoms with Crippen molar-refractivity contribution < 1.29 is 22.7 Å². The number of para-hydroxylation sites is 2. The molecule has 10 heteroatoms. The number of nitrogens with zero attached hydrogens (tertiary/aromatic N) is 2. The number of rotatable bonds is 15. The molecule has 3 aromatic carbocycles. The van der Waals surface area contributed by atoms with Crippen LogP contribution in [0, 0.1) is 0 Å². The van der Waals surface area contributed by atoms with Gasteiger partial charge in [-0.2, -0.15) is 0 Å². The molecule has 0 saturated carbocycles. The lowest BCUT2D eigenvalue weighted by atomic mass is 10.0. The number of sulfonamides is 1. The first kappa shape index (κ1) is 32.9. The molecule has 0 radical (unpaired) electrons. The summed E-state index contributed by atoms with van der Waals surface area (Å²) in [6.45, 7) is 4.19. The first-order valence-electron chi connectivity index (χ1n) is 14.0. The van der Waals surface area contributed by atoms with Gasteiger partial charge in [-0.15, -0.1) is 0 Å². The summed E-state index contributed by atoms with van der Waals surface area (Å²) in [6, 6.07) is 22.8. The second-order valence-electron chi connectivity index (χ2n) is 10.3. The van der Waals surface area contributed by atoms with E-state index in [0.29, 0.717) is 22.9 Å². The molecule has 1 N–H and O–H groups in total. The number of benzene rings is 3. The number of halogens is 1. The van der Waals surface area contributed by atoms with Crippen LogP contribution in [0.25, 0.3) is 0 Å². The largest absolute Gasteiger partial charge is 0.495 e. The third-order valence-electron chi connectivity index (χ3n) is 7.04. The zero-order valence-electron chi connectivity index (χ0n) is 24.6. The van der Waals surface area contributed by atoms with Crippen LogP contribution < -0.4 is 14.4 Å². The monoisotopic (exact) mass is 613 g/mol. The van der Waals surface area contributed by atoms with E-state index in [9.17, 15) is 18.0 Å². The summed E-state index contributed by atoms with van der Waals surface area (Å²) < 4.78 is 32.1. The lowest BCUT2D eigenvalue weighted by molar-refractivity contribution is -0.141. The fourth-order valence-electron chi connectivity index (χ4n) is 4.60. The van der Waals surface area contributed by atoms with Crippen molar-refractivity contribution in [2.75, 3.05) is 24.2 Å². The highest BCUT2D eigenvalue weighted by atomic mass is 35.5. The molecule has 0 spiro atoms. The van der Waals surface area contributed by atoms with Gasteiger partial charge >= 0.3 is 0 Å². The summed E-state index contributed by atoms with van der Waals surface area (Å²) in [6.07, 6.45) is 2.49. The number of ether oxygens (including phenoxy) is 1. The van der Waals surface area contributed by atoms with Gasteiger partial charge in [-0.3, -0.25) is 13.9 Å². The molecule has 0 aliphatic carbocycles. The first-order chi connectivity index (χ1) is 20.0. The quantitative estimate of drug-likeness (QED) is 0.246. The van der Waals surface area contributed by atoms with E-state index in [1.54, 1.807) is 41.3 Å². The summed E-state index contributed by atoms with van der Waals surface area (Å²) in [5, 5.41) is 3.63. The van der Waals surface area contributed by atoms with Crippen molar-refractivity contribution >= 4 is 39.1 Å². The van der Waals surface area contributed by atoms with Crippen LogP contribution >= 0.6 is 11.6 Å². The van der Waals surface area contributed by atoms with Gasteiger partial charge in [-0.25, -0.2) is 8.42 Å². The average molecular weight is 614 g/mol. The molecule has 2 atom stereocenters. The van der Waals surface area contributed by atoms with Gasteiger partial charge in [0.2, 0.25) is 21.8 Å². The van der Waals surface area contributed by atoms with Gasteiger partial charge in [0.1, 0.15) is 11.8 Å². The van der Waals surface area contributed by atoms with Gasteiger partial charge in [0.15, 0.2) is 0 Å². The molecular formula is C32H40ClN3O5S. The molecule has 0 aliphatic heterocycles.